The minimum absolute atomic E-state index is 0.646. The summed E-state index contributed by atoms with van der Waals surface area (Å²) < 4.78 is 0.956. The third kappa shape index (κ3) is 3.83. The Bertz CT molecular complexity index is 615. The first kappa shape index (κ1) is 14.6. The molecule has 0 spiro atoms. The smallest absolute Gasteiger partial charge is 0.101 e. The molecular weight excluding hydrogens is 314 g/mol. The zero-order chi connectivity index (χ0) is 14.4. The summed E-state index contributed by atoms with van der Waals surface area (Å²) in [6.07, 6.45) is 0.901. The van der Waals surface area contributed by atoms with E-state index in [9.17, 15) is 0 Å². The van der Waals surface area contributed by atoms with Gasteiger partial charge in [0.15, 0.2) is 0 Å². The number of hydrogen-bond donors (Lipinski definition) is 2. The van der Waals surface area contributed by atoms with Gasteiger partial charge in [-0.3, -0.25) is 0 Å². The van der Waals surface area contributed by atoms with E-state index in [1.165, 1.54) is 11.1 Å². The maximum Gasteiger partial charge on any atom is 0.101 e. The number of nitriles is 1. The monoisotopic (exact) mass is 329 g/mol. The molecule has 2 aromatic rings. The van der Waals surface area contributed by atoms with Gasteiger partial charge >= 0.3 is 0 Å². The van der Waals surface area contributed by atoms with Crippen LogP contribution in [0, 0.1) is 11.3 Å². The lowest BCUT2D eigenvalue weighted by atomic mass is 10.1. The van der Waals surface area contributed by atoms with Crippen LogP contribution >= 0.6 is 15.9 Å². The number of anilines is 1. The molecule has 0 aromatic heterocycles. The fourth-order valence-electron chi connectivity index (χ4n) is 1.95. The molecular formula is C16H16BrN3. The molecule has 2 aromatic carbocycles. The third-order valence-electron chi connectivity index (χ3n) is 3.04. The summed E-state index contributed by atoms with van der Waals surface area (Å²) in [6.45, 7) is 1.36. The van der Waals surface area contributed by atoms with Crippen LogP contribution in [0.4, 0.5) is 5.69 Å². The highest BCUT2D eigenvalue weighted by atomic mass is 79.9. The minimum Gasteiger partial charge on any atom is -0.380 e. The summed E-state index contributed by atoms with van der Waals surface area (Å²) in [4.78, 5) is 0. The lowest BCUT2D eigenvalue weighted by Crippen LogP contribution is -2.04. The normalized spacial score (nSPS) is 10.1. The van der Waals surface area contributed by atoms with Crippen molar-refractivity contribution in [3.05, 3.63) is 63.6 Å². The van der Waals surface area contributed by atoms with E-state index in [0.717, 1.165) is 16.6 Å². The Balaban J connectivity index is 2.05. The second kappa shape index (κ2) is 7.09. The van der Waals surface area contributed by atoms with Crippen molar-refractivity contribution in [2.75, 3.05) is 11.9 Å². The first-order chi connectivity index (χ1) is 9.72. The van der Waals surface area contributed by atoms with Gasteiger partial charge in [-0.1, -0.05) is 40.2 Å². The molecule has 0 aliphatic heterocycles. The number of benzene rings is 2. The molecule has 0 saturated heterocycles. The van der Waals surface area contributed by atoms with Crippen molar-refractivity contribution in [1.29, 1.82) is 5.26 Å². The molecule has 0 bridgehead atoms. The van der Waals surface area contributed by atoms with E-state index < -0.39 is 0 Å². The summed E-state index contributed by atoms with van der Waals surface area (Å²) >= 11 is 3.42. The van der Waals surface area contributed by atoms with Gasteiger partial charge in [0, 0.05) is 11.0 Å². The minimum atomic E-state index is 0.646. The van der Waals surface area contributed by atoms with Crippen LogP contribution < -0.4 is 11.1 Å². The summed E-state index contributed by atoms with van der Waals surface area (Å²) in [5, 5.41) is 12.4. The van der Waals surface area contributed by atoms with Crippen molar-refractivity contribution in [1.82, 2.24) is 0 Å². The molecule has 2 rings (SSSR count). The SMILES string of the molecule is N#Cc1ccc(Br)cc1NCc1ccc(CCN)cc1. The van der Waals surface area contributed by atoms with E-state index in [1.807, 2.05) is 12.1 Å². The van der Waals surface area contributed by atoms with E-state index in [2.05, 4.69) is 51.6 Å². The van der Waals surface area contributed by atoms with Gasteiger partial charge in [0.2, 0.25) is 0 Å². The molecule has 0 atom stereocenters. The highest BCUT2D eigenvalue weighted by Gasteiger charge is 2.02. The van der Waals surface area contributed by atoms with Crippen molar-refractivity contribution < 1.29 is 0 Å². The van der Waals surface area contributed by atoms with Crippen molar-refractivity contribution in [2.24, 2.45) is 5.73 Å². The average molecular weight is 330 g/mol. The Morgan fingerprint density at radius 3 is 2.45 bits per heavy atom. The summed E-state index contributed by atoms with van der Waals surface area (Å²) in [5.41, 5.74) is 9.44. The van der Waals surface area contributed by atoms with Crippen LogP contribution in [0.25, 0.3) is 0 Å². The molecule has 0 radical (unpaired) electrons. The predicted octanol–water partition coefficient (Wildman–Crippen LogP) is 3.43. The number of nitrogens with one attached hydrogen (secondary N) is 1. The van der Waals surface area contributed by atoms with E-state index in [1.54, 1.807) is 6.07 Å². The molecule has 4 heteroatoms. The summed E-state index contributed by atoms with van der Waals surface area (Å²) in [6, 6.07) is 16.1. The molecule has 0 saturated carbocycles. The van der Waals surface area contributed by atoms with Crippen LogP contribution in [0.3, 0.4) is 0 Å². The van der Waals surface area contributed by atoms with Gasteiger partial charge in [0.1, 0.15) is 6.07 Å². The van der Waals surface area contributed by atoms with Gasteiger partial charge in [0.25, 0.3) is 0 Å². The van der Waals surface area contributed by atoms with Crippen molar-refractivity contribution in [2.45, 2.75) is 13.0 Å². The maximum absolute atomic E-state index is 9.08. The van der Waals surface area contributed by atoms with Gasteiger partial charge in [-0.2, -0.15) is 5.26 Å². The van der Waals surface area contributed by atoms with E-state index >= 15 is 0 Å². The summed E-state index contributed by atoms with van der Waals surface area (Å²) in [7, 11) is 0. The van der Waals surface area contributed by atoms with E-state index in [-0.39, 0.29) is 0 Å². The van der Waals surface area contributed by atoms with Crippen LogP contribution in [0.5, 0.6) is 0 Å². The highest BCUT2D eigenvalue weighted by molar-refractivity contribution is 9.10. The van der Waals surface area contributed by atoms with Crippen LogP contribution in [-0.2, 0) is 13.0 Å². The van der Waals surface area contributed by atoms with Crippen LogP contribution in [0.2, 0.25) is 0 Å². The largest absolute Gasteiger partial charge is 0.380 e. The first-order valence-electron chi connectivity index (χ1n) is 6.44. The van der Waals surface area contributed by atoms with E-state index in [0.29, 0.717) is 18.7 Å². The molecule has 0 heterocycles. The molecule has 0 aliphatic rings. The van der Waals surface area contributed by atoms with Crippen LogP contribution in [0.15, 0.2) is 46.9 Å². The third-order valence-corrected chi connectivity index (χ3v) is 3.53. The van der Waals surface area contributed by atoms with Gasteiger partial charge < -0.3 is 11.1 Å². The van der Waals surface area contributed by atoms with Crippen LogP contribution in [0.1, 0.15) is 16.7 Å². The van der Waals surface area contributed by atoms with Gasteiger partial charge in [-0.15, -0.1) is 0 Å². The molecule has 0 fully saturated rings. The lowest BCUT2D eigenvalue weighted by molar-refractivity contribution is 0.966. The highest BCUT2D eigenvalue weighted by Crippen LogP contribution is 2.21. The van der Waals surface area contributed by atoms with Crippen molar-refractivity contribution in [3.63, 3.8) is 0 Å². The lowest BCUT2D eigenvalue weighted by Gasteiger charge is -2.09. The predicted molar refractivity (Wildman–Crippen MR) is 85.4 cm³/mol. The molecule has 20 heavy (non-hydrogen) atoms. The molecule has 102 valence electrons. The topological polar surface area (TPSA) is 61.8 Å². The molecule has 3 N–H and O–H groups in total. The van der Waals surface area contributed by atoms with E-state index in [4.69, 9.17) is 11.0 Å². The Morgan fingerprint density at radius 2 is 1.80 bits per heavy atom. The van der Waals surface area contributed by atoms with Gasteiger partial charge in [0.05, 0.1) is 11.3 Å². The second-order valence-corrected chi connectivity index (χ2v) is 5.43. The molecule has 3 nitrogen and oxygen atoms in total. The standard InChI is InChI=1S/C16H16BrN3/c17-15-6-5-14(10-19)16(9-15)20-11-13-3-1-12(2-4-13)7-8-18/h1-6,9,20H,7-8,11,18H2. The van der Waals surface area contributed by atoms with Gasteiger partial charge in [-0.05, 0) is 42.3 Å². The fraction of sp³-hybridized carbons (Fsp3) is 0.188. The fourth-order valence-corrected chi connectivity index (χ4v) is 2.31. The second-order valence-electron chi connectivity index (χ2n) is 4.51. The molecule has 0 unspecified atom stereocenters. The Hall–Kier alpha value is -1.83. The Kier molecular flexibility index (Phi) is 5.16. The average Bonchev–Trinajstić information content (AvgIpc) is 2.47. The van der Waals surface area contributed by atoms with Gasteiger partial charge in [-0.25, -0.2) is 0 Å². The van der Waals surface area contributed by atoms with Crippen molar-refractivity contribution >= 4 is 21.6 Å². The van der Waals surface area contributed by atoms with Crippen LogP contribution in [-0.4, -0.2) is 6.54 Å². The number of halogens is 1. The number of nitrogens with zero attached hydrogens (tertiary/aromatic N) is 1. The first-order valence-corrected chi connectivity index (χ1v) is 7.23. The number of hydrogen-bond acceptors (Lipinski definition) is 3. The van der Waals surface area contributed by atoms with Crippen molar-refractivity contribution in [3.8, 4) is 6.07 Å². The zero-order valence-corrected chi connectivity index (χ0v) is 12.7. The Labute approximate surface area is 127 Å². The number of nitrogens with two attached hydrogens (primary N) is 1. The molecule has 0 amide bonds. The Morgan fingerprint density at radius 1 is 1.10 bits per heavy atom. The number of rotatable bonds is 5. The quantitative estimate of drug-likeness (QED) is 0.883. The summed E-state index contributed by atoms with van der Waals surface area (Å²) in [5.74, 6) is 0. The molecule has 0 aliphatic carbocycles. The maximum atomic E-state index is 9.08. The zero-order valence-electron chi connectivity index (χ0n) is 11.1.